The number of hydrogen-bond acceptors (Lipinski definition) is 2. The minimum absolute atomic E-state index is 0.0226. The van der Waals surface area contributed by atoms with Crippen LogP contribution < -0.4 is 11.1 Å². The normalized spacial score (nSPS) is 12.7. The lowest BCUT2D eigenvalue weighted by Gasteiger charge is -2.17. The van der Waals surface area contributed by atoms with E-state index in [-0.39, 0.29) is 18.9 Å². The van der Waals surface area contributed by atoms with E-state index in [4.69, 9.17) is 5.73 Å². The lowest BCUT2D eigenvalue weighted by Crippen LogP contribution is -2.49. The van der Waals surface area contributed by atoms with Gasteiger partial charge >= 0.3 is 6.18 Å². The van der Waals surface area contributed by atoms with E-state index in [1.165, 1.54) is 13.8 Å². The lowest BCUT2D eigenvalue weighted by molar-refractivity contribution is -0.135. The Kier molecular flexibility index (Phi) is 5.07. The number of rotatable bonds is 5. The highest BCUT2D eigenvalue weighted by Crippen LogP contribution is 2.21. The number of nitrogens with two attached hydrogens (primary N) is 1. The maximum absolute atomic E-state index is 11.7. The molecule has 0 fully saturated rings. The summed E-state index contributed by atoms with van der Waals surface area (Å²) in [6, 6.07) is 0. The van der Waals surface area contributed by atoms with Crippen molar-refractivity contribution in [2.24, 2.45) is 5.73 Å². The van der Waals surface area contributed by atoms with E-state index in [2.05, 4.69) is 5.32 Å². The van der Waals surface area contributed by atoms with Gasteiger partial charge in [-0.15, -0.1) is 0 Å². The van der Waals surface area contributed by atoms with Crippen molar-refractivity contribution in [1.29, 1.82) is 0 Å². The average Bonchev–Trinajstić information content (AvgIpc) is 1.99. The fourth-order valence-corrected chi connectivity index (χ4v) is 0.880. The molecule has 0 atom stereocenters. The molecule has 0 radical (unpaired) electrons. The van der Waals surface area contributed by atoms with Crippen LogP contribution in [0, 0.1) is 0 Å². The van der Waals surface area contributed by atoms with Crippen LogP contribution >= 0.6 is 0 Å². The molecule has 1 amide bonds. The molecular formula is C9H17F3N2O. The number of hydrogen-bond donors (Lipinski definition) is 2. The molecule has 0 heterocycles. The van der Waals surface area contributed by atoms with Crippen LogP contribution in [0.5, 0.6) is 0 Å². The summed E-state index contributed by atoms with van der Waals surface area (Å²) in [5, 5.41) is 2.48. The number of alkyl halides is 3. The van der Waals surface area contributed by atoms with Crippen molar-refractivity contribution in [2.75, 3.05) is 6.54 Å². The van der Waals surface area contributed by atoms with Crippen molar-refractivity contribution in [3.63, 3.8) is 0 Å². The second kappa shape index (κ2) is 5.34. The molecule has 0 aromatic carbocycles. The third-order valence-corrected chi connectivity index (χ3v) is 1.76. The molecule has 0 aromatic heterocycles. The van der Waals surface area contributed by atoms with E-state index in [0.29, 0.717) is 6.42 Å². The van der Waals surface area contributed by atoms with Gasteiger partial charge in [0.05, 0.1) is 5.54 Å². The van der Waals surface area contributed by atoms with Crippen LogP contribution in [0.4, 0.5) is 13.2 Å². The Balaban J connectivity index is 3.53. The molecule has 0 saturated carbocycles. The van der Waals surface area contributed by atoms with E-state index in [9.17, 15) is 18.0 Å². The van der Waals surface area contributed by atoms with Gasteiger partial charge in [0.15, 0.2) is 0 Å². The molecular weight excluding hydrogens is 209 g/mol. The van der Waals surface area contributed by atoms with Crippen molar-refractivity contribution < 1.29 is 18.0 Å². The second-order valence-corrected chi connectivity index (χ2v) is 4.05. The lowest BCUT2D eigenvalue weighted by atomic mass is 10.1. The summed E-state index contributed by atoms with van der Waals surface area (Å²) in [5.41, 5.74) is 4.49. The molecule has 6 heteroatoms. The summed E-state index contributed by atoms with van der Waals surface area (Å²) in [6.45, 7) is 3.31. The highest BCUT2D eigenvalue weighted by atomic mass is 19.4. The first-order valence-corrected chi connectivity index (χ1v) is 4.77. The molecule has 0 aliphatic heterocycles. The monoisotopic (exact) mass is 226 g/mol. The molecule has 0 bridgehead atoms. The van der Waals surface area contributed by atoms with Gasteiger partial charge in [0.2, 0.25) is 5.91 Å². The Labute approximate surface area is 87.2 Å². The fraction of sp³-hybridized carbons (Fsp3) is 0.889. The standard InChI is InChI=1S/C9H17F3N2O/c1-8(2,13)7(15)14-6-4-3-5-9(10,11)12/h3-6,13H2,1-2H3,(H,14,15). The van der Waals surface area contributed by atoms with E-state index in [1.807, 2.05) is 0 Å². The third-order valence-electron chi connectivity index (χ3n) is 1.76. The first-order valence-electron chi connectivity index (χ1n) is 4.77. The van der Waals surface area contributed by atoms with Gasteiger partial charge in [-0.1, -0.05) is 0 Å². The van der Waals surface area contributed by atoms with Gasteiger partial charge in [0, 0.05) is 13.0 Å². The summed E-state index contributed by atoms with van der Waals surface area (Å²) in [4.78, 5) is 11.2. The minimum Gasteiger partial charge on any atom is -0.355 e. The van der Waals surface area contributed by atoms with Crippen molar-refractivity contribution in [3.05, 3.63) is 0 Å². The Morgan fingerprint density at radius 3 is 2.20 bits per heavy atom. The number of carbonyl (C=O) groups excluding carboxylic acids is 1. The molecule has 0 aromatic rings. The molecule has 3 N–H and O–H groups in total. The highest BCUT2D eigenvalue weighted by molar-refractivity contribution is 5.84. The summed E-state index contributed by atoms with van der Waals surface area (Å²) in [5.74, 6) is -0.352. The van der Waals surface area contributed by atoms with E-state index < -0.39 is 18.1 Å². The van der Waals surface area contributed by atoms with Crippen LogP contribution in [0.1, 0.15) is 33.1 Å². The first-order chi connectivity index (χ1) is 6.63. The van der Waals surface area contributed by atoms with E-state index in [1.54, 1.807) is 0 Å². The average molecular weight is 226 g/mol. The summed E-state index contributed by atoms with van der Waals surface area (Å²) in [7, 11) is 0. The number of unbranched alkanes of at least 4 members (excludes halogenated alkanes) is 1. The Hall–Kier alpha value is -0.780. The molecule has 15 heavy (non-hydrogen) atoms. The molecule has 0 rings (SSSR count). The van der Waals surface area contributed by atoms with E-state index in [0.717, 1.165) is 0 Å². The van der Waals surface area contributed by atoms with Crippen molar-refractivity contribution in [3.8, 4) is 0 Å². The van der Waals surface area contributed by atoms with Crippen molar-refractivity contribution >= 4 is 5.91 Å². The maximum atomic E-state index is 11.7. The van der Waals surface area contributed by atoms with Crippen molar-refractivity contribution in [1.82, 2.24) is 5.32 Å². The van der Waals surface area contributed by atoms with Gasteiger partial charge in [-0.3, -0.25) is 4.79 Å². The van der Waals surface area contributed by atoms with Gasteiger partial charge in [-0.05, 0) is 26.7 Å². The van der Waals surface area contributed by atoms with Crippen molar-refractivity contribution in [2.45, 2.75) is 44.8 Å². The highest BCUT2D eigenvalue weighted by Gasteiger charge is 2.26. The molecule has 0 spiro atoms. The van der Waals surface area contributed by atoms with Gasteiger partial charge in [0.25, 0.3) is 0 Å². The molecule has 0 aliphatic carbocycles. The summed E-state index contributed by atoms with van der Waals surface area (Å²) < 4.78 is 35.2. The molecule has 0 aliphatic rings. The molecule has 3 nitrogen and oxygen atoms in total. The third kappa shape index (κ3) is 8.23. The van der Waals surface area contributed by atoms with Crippen LogP contribution in [-0.4, -0.2) is 24.2 Å². The zero-order valence-corrected chi connectivity index (χ0v) is 8.95. The topological polar surface area (TPSA) is 55.1 Å². The van der Waals surface area contributed by atoms with Crippen LogP contribution in [0.3, 0.4) is 0 Å². The quantitative estimate of drug-likeness (QED) is 0.699. The maximum Gasteiger partial charge on any atom is 0.389 e. The zero-order chi connectivity index (χ0) is 12.1. The van der Waals surface area contributed by atoms with Gasteiger partial charge in [-0.2, -0.15) is 13.2 Å². The summed E-state index contributed by atoms with van der Waals surface area (Å²) in [6.07, 6.45) is -4.60. The fourth-order valence-electron chi connectivity index (χ4n) is 0.880. The Morgan fingerprint density at radius 2 is 1.80 bits per heavy atom. The van der Waals surface area contributed by atoms with Crippen LogP contribution in [-0.2, 0) is 4.79 Å². The van der Waals surface area contributed by atoms with Gasteiger partial charge < -0.3 is 11.1 Å². The predicted molar refractivity (Wildman–Crippen MR) is 51.2 cm³/mol. The molecule has 0 unspecified atom stereocenters. The van der Waals surface area contributed by atoms with Crippen LogP contribution in [0.2, 0.25) is 0 Å². The second-order valence-electron chi connectivity index (χ2n) is 4.05. The zero-order valence-electron chi connectivity index (χ0n) is 8.95. The van der Waals surface area contributed by atoms with Gasteiger partial charge in [-0.25, -0.2) is 0 Å². The minimum atomic E-state index is -4.11. The van der Waals surface area contributed by atoms with E-state index >= 15 is 0 Å². The van der Waals surface area contributed by atoms with Crippen LogP contribution in [0.15, 0.2) is 0 Å². The number of halogens is 3. The van der Waals surface area contributed by atoms with Gasteiger partial charge in [0.1, 0.15) is 0 Å². The molecule has 90 valence electrons. The SMILES string of the molecule is CC(C)(N)C(=O)NCCCCC(F)(F)F. The number of amides is 1. The Morgan fingerprint density at radius 1 is 1.27 bits per heavy atom. The van der Waals surface area contributed by atoms with Crippen LogP contribution in [0.25, 0.3) is 0 Å². The predicted octanol–water partition coefficient (Wildman–Crippen LogP) is 1.57. The Bertz CT molecular complexity index is 208. The number of carbonyl (C=O) groups is 1. The largest absolute Gasteiger partial charge is 0.389 e. The summed E-state index contributed by atoms with van der Waals surface area (Å²) >= 11 is 0. The smallest absolute Gasteiger partial charge is 0.355 e. The first kappa shape index (κ1) is 14.2. The number of nitrogens with one attached hydrogen (secondary N) is 1. The molecule has 0 saturated heterocycles.